The Hall–Kier alpha value is -1.63. The number of tetrazole rings is 1. The van der Waals surface area contributed by atoms with Gasteiger partial charge in [0.15, 0.2) is 5.82 Å². The molecule has 1 aromatic heterocycles. The van der Waals surface area contributed by atoms with Crippen LogP contribution < -0.4 is 5.73 Å². The van der Waals surface area contributed by atoms with Gasteiger partial charge in [0.1, 0.15) is 5.82 Å². The van der Waals surface area contributed by atoms with E-state index in [1.165, 1.54) is 23.9 Å². The van der Waals surface area contributed by atoms with Gasteiger partial charge >= 0.3 is 0 Å². The average molecular weight is 281 g/mol. The van der Waals surface area contributed by atoms with E-state index in [-0.39, 0.29) is 5.82 Å². The van der Waals surface area contributed by atoms with Gasteiger partial charge in [0.25, 0.3) is 0 Å². The second-order valence-corrected chi connectivity index (χ2v) is 5.16. The number of anilines is 1. The van der Waals surface area contributed by atoms with E-state index in [0.717, 1.165) is 30.1 Å². The molecular formula is C12H16FN5S. The topological polar surface area (TPSA) is 69.6 Å². The minimum atomic E-state index is -0.324. The van der Waals surface area contributed by atoms with Crippen LogP contribution in [0.15, 0.2) is 23.1 Å². The number of nitrogen functional groups attached to an aromatic ring is 1. The number of nitrogens with two attached hydrogens (primary N) is 1. The summed E-state index contributed by atoms with van der Waals surface area (Å²) in [5.74, 6) is 1.10. The van der Waals surface area contributed by atoms with Gasteiger partial charge in [-0.1, -0.05) is 13.3 Å². The van der Waals surface area contributed by atoms with Crippen molar-refractivity contribution in [3.05, 3.63) is 29.8 Å². The zero-order valence-corrected chi connectivity index (χ0v) is 11.5. The summed E-state index contributed by atoms with van der Waals surface area (Å²) < 4.78 is 14.7. The van der Waals surface area contributed by atoms with Crippen molar-refractivity contribution in [1.82, 2.24) is 20.2 Å². The molecule has 0 aliphatic rings. The van der Waals surface area contributed by atoms with Crippen molar-refractivity contribution in [3.8, 4) is 0 Å². The molecule has 0 aliphatic carbocycles. The van der Waals surface area contributed by atoms with E-state index < -0.39 is 0 Å². The Morgan fingerprint density at radius 1 is 1.42 bits per heavy atom. The summed E-state index contributed by atoms with van der Waals surface area (Å²) in [6, 6.07) is 4.40. The Labute approximate surface area is 115 Å². The SMILES string of the molecule is CCCCn1nnnc1CSc1ccc(F)cc1N. The quantitative estimate of drug-likeness (QED) is 0.650. The zero-order valence-electron chi connectivity index (χ0n) is 10.7. The maximum absolute atomic E-state index is 12.9. The van der Waals surface area contributed by atoms with Gasteiger partial charge in [0.05, 0.1) is 5.75 Å². The number of aryl methyl sites for hydroxylation is 1. The number of aromatic nitrogens is 4. The largest absolute Gasteiger partial charge is 0.398 e. The molecule has 0 atom stereocenters. The minimum absolute atomic E-state index is 0.324. The molecule has 19 heavy (non-hydrogen) atoms. The van der Waals surface area contributed by atoms with Gasteiger partial charge in [0.2, 0.25) is 0 Å². The molecule has 0 aliphatic heterocycles. The van der Waals surface area contributed by atoms with Crippen LogP contribution in [0.2, 0.25) is 0 Å². The molecule has 1 heterocycles. The van der Waals surface area contributed by atoms with E-state index in [0.29, 0.717) is 11.4 Å². The number of rotatable bonds is 6. The van der Waals surface area contributed by atoms with Gasteiger partial charge < -0.3 is 5.73 Å². The van der Waals surface area contributed by atoms with Crippen LogP contribution >= 0.6 is 11.8 Å². The molecule has 0 saturated heterocycles. The lowest BCUT2D eigenvalue weighted by molar-refractivity contribution is 0.540. The molecule has 2 aromatic rings. The third-order valence-corrected chi connectivity index (χ3v) is 3.74. The predicted octanol–water partition coefficient (Wildman–Crippen LogP) is 2.49. The van der Waals surface area contributed by atoms with E-state index in [9.17, 15) is 4.39 Å². The van der Waals surface area contributed by atoms with Crippen LogP contribution in [-0.4, -0.2) is 20.2 Å². The fraction of sp³-hybridized carbons (Fsp3) is 0.417. The highest BCUT2D eigenvalue weighted by atomic mass is 32.2. The van der Waals surface area contributed by atoms with E-state index in [1.54, 1.807) is 10.7 Å². The van der Waals surface area contributed by atoms with Crippen LogP contribution in [0.4, 0.5) is 10.1 Å². The van der Waals surface area contributed by atoms with Gasteiger partial charge in [-0.2, -0.15) is 0 Å². The Balaban J connectivity index is 2.00. The minimum Gasteiger partial charge on any atom is -0.398 e. The second-order valence-electron chi connectivity index (χ2n) is 4.14. The number of benzene rings is 1. The van der Waals surface area contributed by atoms with Gasteiger partial charge in [-0.15, -0.1) is 16.9 Å². The summed E-state index contributed by atoms with van der Waals surface area (Å²) in [7, 11) is 0. The Bertz CT molecular complexity index is 543. The van der Waals surface area contributed by atoms with Gasteiger partial charge in [-0.05, 0) is 35.0 Å². The average Bonchev–Trinajstić information content (AvgIpc) is 2.83. The van der Waals surface area contributed by atoms with Crippen molar-refractivity contribution < 1.29 is 4.39 Å². The molecule has 5 nitrogen and oxygen atoms in total. The number of halogens is 1. The first-order valence-corrected chi connectivity index (χ1v) is 7.12. The summed E-state index contributed by atoms with van der Waals surface area (Å²) in [5, 5.41) is 11.6. The first kappa shape index (κ1) is 13.8. The molecule has 0 radical (unpaired) electrons. The van der Waals surface area contributed by atoms with Gasteiger partial charge in [-0.25, -0.2) is 9.07 Å². The summed E-state index contributed by atoms with van der Waals surface area (Å²) in [6.07, 6.45) is 2.14. The number of unbranched alkanes of at least 4 members (excludes halogenated alkanes) is 1. The highest BCUT2D eigenvalue weighted by Gasteiger charge is 2.08. The Morgan fingerprint density at radius 3 is 3.00 bits per heavy atom. The van der Waals surface area contributed by atoms with Crippen LogP contribution in [0.25, 0.3) is 0 Å². The third-order valence-electron chi connectivity index (χ3n) is 2.66. The lowest BCUT2D eigenvalue weighted by Crippen LogP contribution is -2.05. The second kappa shape index (κ2) is 6.51. The normalized spacial score (nSPS) is 10.8. The van der Waals surface area contributed by atoms with E-state index in [1.807, 2.05) is 0 Å². The van der Waals surface area contributed by atoms with Crippen molar-refractivity contribution in [3.63, 3.8) is 0 Å². The molecule has 1 aromatic carbocycles. The highest BCUT2D eigenvalue weighted by molar-refractivity contribution is 7.98. The molecule has 2 rings (SSSR count). The monoisotopic (exact) mass is 281 g/mol. The zero-order chi connectivity index (χ0) is 13.7. The van der Waals surface area contributed by atoms with Crippen LogP contribution in [-0.2, 0) is 12.3 Å². The molecule has 2 N–H and O–H groups in total. The van der Waals surface area contributed by atoms with Crippen LogP contribution in [0.5, 0.6) is 0 Å². The lowest BCUT2D eigenvalue weighted by Gasteiger charge is -2.06. The van der Waals surface area contributed by atoms with Gasteiger partial charge in [0, 0.05) is 17.1 Å². The summed E-state index contributed by atoms with van der Waals surface area (Å²) in [5.41, 5.74) is 6.20. The highest BCUT2D eigenvalue weighted by Crippen LogP contribution is 2.27. The van der Waals surface area contributed by atoms with Crippen molar-refractivity contribution in [2.24, 2.45) is 0 Å². The Morgan fingerprint density at radius 2 is 2.26 bits per heavy atom. The number of nitrogens with zero attached hydrogens (tertiary/aromatic N) is 4. The molecule has 0 saturated carbocycles. The third kappa shape index (κ3) is 3.66. The lowest BCUT2D eigenvalue weighted by atomic mass is 10.3. The molecule has 7 heteroatoms. The number of hydrogen-bond donors (Lipinski definition) is 1. The van der Waals surface area contributed by atoms with E-state index >= 15 is 0 Å². The standard InChI is InChI=1S/C12H16FN5S/c1-2-3-6-18-12(15-16-17-18)8-19-11-5-4-9(13)7-10(11)14/h4-5,7H,2-3,6,8,14H2,1H3. The predicted molar refractivity (Wildman–Crippen MR) is 73.1 cm³/mol. The summed E-state index contributed by atoms with van der Waals surface area (Å²) >= 11 is 1.51. The maximum Gasteiger partial charge on any atom is 0.161 e. The fourth-order valence-corrected chi connectivity index (χ4v) is 2.48. The van der Waals surface area contributed by atoms with E-state index in [2.05, 4.69) is 22.4 Å². The first-order valence-electron chi connectivity index (χ1n) is 6.13. The molecule has 0 bridgehead atoms. The fourth-order valence-electron chi connectivity index (χ4n) is 1.60. The smallest absolute Gasteiger partial charge is 0.161 e. The first-order chi connectivity index (χ1) is 9.20. The van der Waals surface area contributed by atoms with Crippen molar-refractivity contribution in [1.29, 1.82) is 0 Å². The maximum atomic E-state index is 12.9. The van der Waals surface area contributed by atoms with Crippen LogP contribution in [0.1, 0.15) is 25.6 Å². The number of hydrogen-bond acceptors (Lipinski definition) is 5. The summed E-state index contributed by atoms with van der Waals surface area (Å²) in [4.78, 5) is 0.839. The van der Waals surface area contributed by atoms with Gasteiger partial charge in [-0.3, -0.25) is 0 Å². The molecule has 0 spiro atoms. The van der Waals surface area contributed by atoms with Crippen molar-refractivity contribution in [2.45, 2.75) is 37.0 Å². The van der Waals surface area contributed by atoms with Crippen molar-refractivity contribution >= 4 is 17.4 Å². The van der Waals surface area contributed by atoms with E-state index in [4.69, 9.17) is 5.73 Å². The molecule has 0 unspecified atom stereocenters. The Kier molecular flexibility index (Phi) is 4.73. The summed E-state index contributed by atoms with van der Waals surface area (Å²) in [6.45, 7) is 2.94. The number of thioether (sulfide) groups is 1. The van der Waals surface area contributed by atoms with Crippen LogP contribution in [0, 0.1) is 5.82 Å². The van der Waals surface area contributed by atoms with Crippen molar-refractivity contribution in [2.75, 3.05) is 5.73 Å². The van der Waals surface area contributed by atoms with Crippen LogP contribution in [0.3, 0.4) is 0 Å². The molecular weight excluding hydrogens is 265 g/mol. The molecule has 0 amide bonds. The molecule has 0 fully saturated rings. The molecule has 102 valence electrons.